The third-order valence-electron chi connectivity index (χ3n) is 6.46. The summed E-state index contributed by atoms with van der Waals surface area (Å²) in [7, 11) is 0. The molecular weight excluding hydrogens is 478 g/mol. The summed E-state index contributed by atoms with van der Waals surface area (Å²) in [4.78, 5) is 30.4. The van der Waals surface area contributed by atoms with Crippen LogP contribution < -0.4 is 9.47 Å². The SMILES string of the molecule is CC(C)c1cccc(C(C)C)c1OC(=O)OCc1ncccc1C(=O)Oc1c(C(C)C)cccc1C(C)C. The van der Waals surface area contributed by atoms with Crippen LogP contribution in [0.3, 0.4) is 0 Å². The highest BCUT2D eigenvalue weighted by Crippen LogP contribution is 2.36. The summed E-state index contributed by atoms with van der Waals surface area (Å²) in [6, 6.07) is 15.1. The van der Waals surface area contributed by atoms with Crippen LogP contribution in [0.4, 0.5) is 4.79 Å². The van der Waals surface area contributed by atoms with E-state index in [4.69, 9.17) is 14.2 Å². The highest BCUT2D eigenvalue weighted by Gasteiger charge is 2.23. The maximum atomic E-state index is 13.3. The zero-order valence-electron chi connectivity index (χ0n) is 23.7. The molecule has 3 rings (SSSR count). The summed E-state index contributed by atoms with van der Waals surface area (Å²) < 4.78 is 17.1. The van der Waals surface area contributed by atoms with Crippen LogP contribution in [-0.2, 0) is 11.3 Å². The number of hydrogen-bond donors (Lipinski definition) is 0. The van der Waals surface area contributed by atoms with Crippen molar-refractivity contribution in [2.75, 3.05) is 0 Å². The first-order valence-corrected chi connectivity index (χ1v) is 13.3. The summed E-state index contributed by atoms with van der Waals surface area (Å²) in [6.45, 7) is 16.2. The molecule has 0 aliphatic carbocycles. The van der Waals surface area contributed by atoms with E-state index in [1.165, 1.54) is 0 Å². The molecule has 6 heteroatoms. The van der Waals surface area contributed by atoms with Gasteiger partial charge in [0.25, 0.3) is 0 Å². The fourth-order valence-corrected chi connectivity index (χ4v) is 4.33. The molecule has 0 atom stereocenters. The quantitative estimate of drug-likeness (QED) is 0.161. The zero-order valence-corrected chi connectivity index (χ0v) is 23.7. The Morgan fingerprint density at radius 2 is 1.11 bits per heavy atom. The minimum Gasteiger partial charge on any atom is -0.427 e. The van der Waals surface area contributed by atoms with E-state index in [0.29, 0.717) is 17.2 Å². The molecule has 0 saturated heterocycles. The number of ether oxygens (including phenoxy) is 3. The highest BCUT2D eigenvalue weighted by atomic mass is 16.7. The second kappa shape index (κ2) is 12.7. The molecule has 0 amide bonds. The number of nitrogens with zero attached hydrogens (tertiary/aromatic N) is 1. The van der Waals surface area contributed by atoms with Gasteiger partial charge in [0, 0.05) is 6.20 Å². The van der Waals surface area contributed by atoms with Gasteiger partial charge in [0.2, 0.25) is 0 Å². The van der Waals surface area contributed by atoms with Crippen molar-refractivity contribution in [2.24, 2.45) is 0 Å². The van der Waals surface area contributed by atoms with Crippen LogP contribution in [0.25, 0.3) is 0 Å². The van der Waals surface area contributed by atoms with E-state index in [2.05, 4.69) is 32.7 Å². The van der Waals surface area contributed by atoms with Crippen LogP contribution in [0, 0.1) is 0 Å². The van der Waals surface area contributed by atoms with Gasteiger partial charge in [0.05, 0.1) is 11.3 Å². The minimum atomic E-state index is -0.850. The largest absolute Gasteiger partial charge is 0.514 e. The summed E-state index contributed by atoms with van der Waals surface area (Å²) in [5, 5.41) is 0. The summed E-state index contributed by atoms with van der Waals surface area (Å²) in [5.41, 5.74) is 4.31. The predicted octanol–water partition coefficient (Wildman–Crippen LogP) is 8.51. The maximum absolute atomic E-state index is 13.3. The van der Waals surface area contributed by atoms with Crippen molar-refractivity contribution in [3.63, 3.8) is 0 Å². The van der Waals surface area contributed by atoms with Crippen LogP contribution in [0.1, 0.15) is 117 Å². The lowest BCUT2D eigenvalue weighted by atomic mass is 9.94. The number of aromatic nitrogens is 1. The van der Waals surface area contributed by atoms with Gasteiger partial charge < -0.3 is 14.2 Å². The van der Waals surface area contributed by atoms with Crippen molar-refractivity contribution >= 4 is 12.1 Å². The first-order valence-electron chi connectivity index (χ1n) is 13.3. The summed E-state index contributed by atoms with van der Waals surface area (Å²) >= 11 is 0. The molecular formula is C32H39NO5. The predicted molar refractivity (Wildman–Crippen MR) is 149 cm³/mol. The van der Waals surface area contributed by atoms with Gasteiger partial charge in [-0.3, -0.25) is 4.98 Å². The molecule has 0 unspecified atom stereocenters. The van der Waals surface area contributed by atoms with E-state index >= 15 is 0 Å². The summed E-state index contributed by atoms with van der Waals surface area (Å²) in [5.74, 6) is 1.22. The number of pyridine rings is 1. The lowest BCUT2D eigenvalue weighted by Crippen LogP contribution is -2.18. The maximum Gasteiger partial charge on any atom is 0.514 e. The second-order valence-corrected chi connectivity index (χ2v) is 10.7. The topological polar surface area (TPSA) is 74.7 Å². The molecule has 202 valence electrons. The van der Waals surface area contributed by atoms with E-state index in [1.807, 2.05) is 64.1 Å². The molecule has 1 heterocycles. The molecule has 0 N–H and O–H groups in total. The van der Waals surface area contributed by atoms with Crippen molar-refractivity contribution in [3.05, 3.63) is 88.2 Å². The Hall–Kier alpha value is -3.67. The average molecular weight is 518 g/mol. The minimum absolute atomic E-state index is 0.165. The van der Waals surface area contributed by atoms with E-state index in [-0.39, 0.29) is 35.8 Å². The molecule has 0 saturated carbocycles. The number of para-hydroxylation sites is 2. The Morgan fingerprint density at radius 1 is 0.658 bits per heavy atom. The first-order chi connectivity index (χ1) is 18.0. The van der Waals surface area contributed by atoms with Crippen molar-refractivity contribution < 1.29 is 23.8 Å². The van der Waals surface area contributed by atoms with Gasteiger partial charge in [0.15, 0.2) is 0 Å². The molecule has 38 heavy (non-hydrogen) atoms. The Morgan fingerprint density at radius 3 is 1.55 bits per heavy atom. The first kappa shape index (κ1) is 28.9. The van der Waals surface area contributed by atoms with E-state index < -0.39 is 12.1 Å². The fraction of sp³-hybridized carbons (Fsp3) is 0.406. The highest BCUT2D eigenvalue weighted by molar-refractivity contribution is 5.92. The number of carbonyl (C=O) groups excluding carboxylic acids is 2. The zero-order chi connectivity index (χ0) is 28.0. The third kappa shape index (κ3) is 6.80. The third-order valence-corrected chi connectivity index (χ3v) is 6.46. The van der Waals surface area contributed by atoms with Gasteiger partial charge in [-0.1, -0.05) is 91.8 Å². The summed E-state index contributed by atoms with van der Waals surface area (Å²) in [6.07, 6.45) is 0.699. The Balaban J connectivity index is 1.81. The molecule has 0 spiro atoms. The smallest absolute Gasteiger partial charge is 0.427 e. The van der Waals surface area contributed by atoms with Gasteiger partial charge in [0.1, 0.15) is 18.1 Å². The normalized spacial score (nSPS) is 11.4. The molecule has 6 nitrogen and oxygen atoms in total. The van der Waals surface area contributed by atoms with Gasteiger partial charge >= 0.3 is 12.1 Å². The number of rotatable bonds is 9. The fourth-order valence-electron chi connectivity index (χ4n) is 4.33. The monoisotopic (exact) mass is 517 g/mol. The number of hydrogen-bond acceptors (Lipinski definition) is 6. The van der Waals surface area contributed by atoms with Gasteiger partial charge in [-0.05, 0) is 58.1 Å². The van der Waals surface area contributed by atoms with Crippen LogP contribution in [0.5, 0.6) is 11.5 Å². The van der Waals surface area contributed by atoms with Crippen molar-refractivity contribution in [2.45, 2.75) is 85.7 Å². The molecule has 2 aromatic carbocycles. The van der Waals surface area contributed by atoms with Crippen LogP contribution >= 0.6 is 0 Å². The standard InChI is InChI=1S/C32H39NO5/c1-19(2)23-12-9-13-24(20(3)4)29(23)37-31(34)27-16-11-17-33-28(27)18-36-32(35)38-30-25(21(5)6)14-10-15-26(30)22(7)8/h9-17,19-22H,18H2,1-8H3. The van der Waals surface area contributed by atoms with E-state index in [9.17, 15) is 9.59 Å². The van der Waals surface area contributed by atoms with Crippen LogP contribution in [0.2, 0.25) is 0 Å². The van der Waals surface area contributed by atoms with E-state index in [0.717, 1.165) is 22.3 Å². The lowest BCUT2D eigenvalue weighted by molar-refractivity contribution is 0.0713. The molecule has 0 aliphatic heterocycles. The van der Waals surface area contributed by atoms with E-state index in [1.54, 1.807) is 18.3 Å². The van der Waals surface area contributed by atoms with Crippen molar-refractivity contribution in [1.82, 2.24) is 4.98 Å². The Kier molecular flexibility index (Phi) is 9.67. The number of esters is 1. The van der Waals surface area contributed by atoms with Gasteiger partial charge in [-0.15, -0.1) is 0 Å². The molecule has 1 aromatic heterocycles. The van der Waals surface area contributed by atoms with Crippen LogP contribution in [-0.4, -0.2) is 17.1 Å². The molecule has 0 fully saturated rings. The molecule has 3 aromatic rings. The average Bonchev–Trinajstić information content (AvgIpc) is 2.87. The van der Waals surface area contributed by atoms with Crippen molar-refractivity contribution in [1.29, 1.82) is 0 Å². The van der Waals surface area contributed by atoms with Gasteiger partial charge in [-0.25, -0.2) is 9.59 Å². The van der Waals surface area contributed by atoms with Crippen molar-refractivity contribution in [3.8, 4) is 11.5 Å². The second-order valence-electron chi connectivity index (χ2n) is 10.7. The molecule has 0 bridgehead atoms. The lowest BCUT2D eigenvalue weighted by Gasteiger charge is -2.19. The Bertz CT molecular complexity index is 1220. The number of carbonyl (C=O) groups is 2. The molecule has 0 radical (unpaired) electrons. The van der Waals surface area contributed by atoms with Crippen LogP contribution in [0.15, 0.2) is 54.7 Å². The Labute approximate surface area is 226 Å². The van der Waals surface area contributed by atoms with Gasteiger partial charge in [-0.2, -0.15) is 0 Å². The number of benzene rings is 2. The molecule has 0 aliphatic rings.